The molecule has 0 aliphatic heterocycles. The lowest BCUT2D eigenvalue weighted by atomic mass is 10.1. The first-order valence-electron chi connectivity index (χ1n) is 7.48. The van der Waals surface area contributed by atoms with Crippen molar-refractivity contribution in [3.63, 3.8) is 0 Å². The van der Waals surface area contributed by atoms with E-state index in [1.165, 1.54) is 6.07 Å². The van der Waals surface area contributed by atoms with Crippen LogP contribution in [-0.2, 0) is 4.79 Å². The molecular formula is C18H18ClFN2O2. The van der Waals surface area contributed by atoms with Gasteiger partial charge in [-0.05, 0) is 48.6 Å². The number of carbonyl (C=O) groups excluding carboxylic acids is 1. The van der Waals surface area contributed by atoms with Gasteiger partial charge in [-0.15, -0.1) is 0 Å². The minimum atomic E-state index is -0.370. The van der Waals surface area contributed by atoms with Gasteiger partial charge in [0.25, 0.3) is 0 Å². The molecule has 1 aliphatic rings. The number of pyridine rings is 1. The molecule has 0 saturated carbocycles. The molecule has 6 heteroatoms. The van der Waals surface area contributed by atoms with Crippen LogP contribution in [0.4, 0.5) is 4.39 Å². The van der Waals surface area contributed by atoms with Crippen LogP contribution in [0.1, 0.15) is 24.0 Å². The molecule has 1 amide bonds. The topological polar surface area (TPSA) is 62.2 Å². The molecule has 2 aromatic rings. The van der Waals surface area contributed by atoms with Gasteiger partial charge in [-0.2, -0.15) is 0 Å². The molecule has 126 valence electrons. The number of hydrogen-bond acceptors (Lipinski definition) is 3. The monoisotopic (exact) mass is 348 g/mol. The van der Waals surface area contributed by atoms with Crippen molar-refractivity contribution in [2.75, 3.05) is 0 Å². The molecule has 0 spiro atoms. The quantitative estimate of drug-likeness (QED) is 0.632. The van der Waals surface area contributed by atoms with Crippen LogP contribution in [0, 0.1) is 18.7 Å². The summed E-state index contributed by atoms with van der Waals surface area (Å²) in [6.07, 6.45) is 6.63. The fourth-order valence-electron chi connectivity index (χ4n) is 2.39. The van der Waals surface area contributed by atoms with Gasteiger partial charge in [-0.1, -0.05) is 35.9 Å². The number of halogens is 2. The third kappa shape index (κ3) is 4.88. The summed E-state index contributed by atoms with van der Waals surface area (Å²) >= 11 is 5.84. The second kappa shape index (κ2) is 8.57. The number of aromatic nitrogens is 1. The Morgan fingerprint density at radius 3 is 2.71 bits per heavy atom. The molecule has 1 heterocycles. The van der Waals surface area contributed by atoms with Crippen LogP contribution in [0.15, 0.2) is 48.8 Å². The second-order valence-corrected chi connectivity index (χ2v) is 5.89. The minimum absolute atomic E-state index is 0.132. The molecule has 1 aromatic heterocycles. The summed E-state index contributed by atoms with van der Waals surface area (Å²) in [5, 5.41) is 9.11. The van der Waals surface area contributed by atoms with Crippen molar-refractivity contribution in [2.45, 2.75) is 19.8 Å². The van der Waals surface area contributed by atoms with E-state index in [-0.39, 0.29) is 17.6 Å². The SMILES string of the molecule is Cc1ccccc1F.O=C(NO)C1C=C(c2cncc(Cl)c2)CC1. The van der Waals surface area contributed by atoms with Crippen molar-refractivity contribution >= 4 is 23.1 Å². The lowest BCUT2D eigenvalue weighted by molar-refractivity contribution is -0.131. The lowest BCUT2D eigenvalue weighted by Gasteiger charge is -2.01. The minimum Gasteiger partial charge on any atom is -0.289 e. The molecule has 0 saturated heterocycles. The van der Waals surface area contributed by atoms with E-state index in [2.05, 4.69) is 4.98 Å². The largest absolute Gasteiger partial charge is 0.289 e. The summed E-state index contributed by atoms with van der Waals surface area (Å²) in [6, 6.07) is 8.52. The van der Waals surface area contributed by atoms with Crippen LogP contribution >= 0.6 is 11.6 Å². The molecule has 0 bridgehead atoms. The lowest BCUT2D eigenvalue weighted by Crippen LogP contribution is -2.25. The van der Waals surface area contributed by atoms with E-state index in [9.17, 15) is 9.18 Å². The zero-order valence-electron chi connectivity index (χ0n) is 13.2. The Hall–Kier alpha value is -2.24. The highest BCUT2D eigenvalue weighted by Crippen LogP contribution is 2.32. The number of benzene rings is 1. The van der Waals surface area contributed by atoms with Crippen molar-refractivity contribution in [1.82, 2.24) is 10.5 Å². The fraction of sp³-hybridized carbons (Fsp3) is 0.222. The van der Waals surface area contributed by atoms with E-state index in [1.807, 2.05) is 18.2 Å². The maximum Gasteiger partial charge on any atom is 0.250 e. The third-order valence-corrected chi connectivity index (χ3v) is 3.93. The van der Waals surface area contributed by atoms with Gasteiger partial charge in [0, 0.05) is 12.4 Å². The van der Waals surface area contributed by atoms with Gasteiger partial charge in [-0.25, -0.2) is 9.87 Å². The van der Waals surface area contributed by atoms with E-state index in [0.717, 1.165) is 17.6 Å². The van der Waals surface area contributed by atoms with E-state index >= 15 is 0 Å². The zero-order valence-corrected chi connectivity index (χ0v) is 13.9. The number of aryl methyl sites for hydroxylation is 1. The average Bonchev–Trinajstić information content (AvgIpc) is 3.07. The first kappa shape index (κ1) is 18.1. The number of allylic oxidation sites excluding steroid dienone is 1. The summed E-state index contributed by atoms with van der Waals surface area (Å²) in [6.45, 7) is 1.75. The molecule has 2 N–H and O–H groups in total. The molecule has 1 unspecified atom stereocenters. The van der Waals surface area contributed by atoms with E-state index in [0.29, 0.717) is 17.0 Å². The molecule has 0 radical (unpaired) electrons. The molecule has 0 fully saturated rings. The second-order valence-electron chi connectivity index (χ2n) is 5.45. The number of amides is 1. The highest BCUT2D eigenvalue weighted by atomic mass is 35.5. The summed E-state index contributed by atoms with van der Waals surface area (Å²) in [5.74, 6) is -0.767. The Bertz CT molecular complexity index is 728. The van der Waals surface area contributed by atoms with E-state index in [4.69, 9.17) is 16.8 Å². The van der Waals surface area contributed by atoms with Gasteiger partial charge < -0.3 is 0 Å². The molecule has 4 nitrogen and oxygen atoms in total. The smallest absolute Gasteiger partial charge is 0.250 e. The van der Waals surface area contributed by atoms with Crippen molar-refractivity contribution in [3.05, 3.63) is 70.8 Å². The van der Waals surface area contributed by atoms with Crippen LogP contribution in [0.5, 0.6) is 0 Å². The summed E-state index contributed by atoms with van der Waals surface area (Å²) in [5.41, 5.74) is 4.34. The standard InChI is InChI=1S/C11H11ClN2O2.C7H7F/c12-10-4-9(5-13-6-10)7-1-2-8(3-7)11(15)14-16;1-6-4-2-3-5-7(6)8/h3-6,8,16H,1-2H2,(H,14,15);2-5H,1H3. The molecule has 1 atom stereocenters. The first-order chi connectivity index (χ1) is 11.5. The predicted molar refractivity (Wildman–Crippen MR) is 91.0 cm³/mol. The highest BCUT2D eigenvalue weighted by Gasteiger charge is 2.23. The third-order valence-electron chi connectivity index (χ3n) is 3.73. The zero-order chi connectivity index (χ0) is 17.5. The van der Waals surface area contributed by atoms with Crippen molar-refractivity contribution in [3.8, 4) is 0 Å². The van der Waals surface area contributed by atoms with E-state index in [1.54, 1.807) is 36.9 Å². The van der Waals surface area contributed by atoms with Crippen LogP contribution in [0.25, 0.3) is 5.57 Å². The van der Waals surface area contributed by atoms with Gasteiger partial charge in [0.05, 0.1) is 10.9 Å². The maximum atomic E-state index is 12.3. The number of nitrogens with one attached hydrogen (secondary N) is 1. The van der Waals surface area contributed by atoms with Gasteiger partial charge in [-0.3, -0.25) is 15.0 Å². The summed E-state index contributed by atoms with van der Waals surface area (Å²) < 4.78 is 12.3. The first-order valence-corrected chi connectivity index (χ1v) is 7.85. The van der Waals surface area contributed by atoms with Crippen LogP contribution < -0.4 is 5.48 Å². The molecule has 1 aliphatic carbocycles. The molecule has 1 aromatic carbocycles. The molecule has 24 heavy (non-hydrogen) atoms. The van der Waals surface area contributed by atoms with Gasteiger partial charge in [0.1, 0.15) is 5.82 Å². The summed E-state index contributed by atoms with van der Waals surface area (Å²) in [7, 11) is 0. The van der Waals surface area contributed by atoms with Gasteiger partial charge >= 0.3 is 0 Å². The normalized spacial score (nSPS) is 16.0. The Balaban J connectivity index is 0.000000219. The number of hydrogen-bond donors (Lipinski definition) is 2. The fourth-order valence-corrected chi connectivity index (χ4v) is 2.56. The molecule has 3 rings (SSSR count). The average molecular weight is 349 g/mol. The Morgan fingerprint density at radius 2 is 2.12 bits per heavy atom. The number of carbonyl (C=O) groups is 1. The van der Waals surface area contributed by atoms with Crippen molar-refractivity contribution in [2.24, 2.45) is 5.92 Å². The Kier molecular flexibility index (Phi) is 6.46. The number of hydroxylamine groups is 1. The van der Waals surface area contributed by atoms with Gasteiger partial charge in [0.2, 0.25) is 5.91 Å². The van der Waals surface area contributed by atoms with Gasteiger partial charge in [0.15, 0.2) is 0 Å². The maximum absolute atomic E-state index is 12.3. The van der Waals surface area contributed by atoms with Crippen LogP contribution in [0.2, 0.25) is 5.02 Å². The predicted octanol–water partition coefficient (Wildman–Crippen LogP) is 4.17. The van der Waals surface area contributed by atoms with Crippen molar-refractivity contribution < 1.29 is 14.4 Å². The summed E-state index contributed by atoms with van der Waals surface area (Å²) in [4.78, 5) is 15.2. The van der Waals surface area contributed by atoms with E-state index < -0.39 is 0 Å². The number of nitrogens with zero attached hydrogens (tertiary/aromatic N) is 1. The Morgan fingerprint density at radius 1 is 1.38 bits per heavy atom. The Labute approximate surface area is 145 Å². The highest BCUT2D eigenvalue weighted by molar-refractivity contribution is 6.30. The molecular weight excluding hydrogens is 331 g/mol. The number of rotatable bonds is 2. The van der Waals surface area contributed by atoms with Crippen LogP contribution in [-0.4, -0.2) is 16.1 Å². The van der Waals surface area contributed by atoms with Crippen LogP contribution in [0.3, 0.4) is 0 Å². The van der Waals surface area contributed by atoms with Crippen molar-refractivity contribution in [1.29, 1.82) is 0 Å².